The molecule has 0 radical (unpaired) electrons. The van der Waals surface area contributed by atoms with Gasteiger partial charge in [0.05, 0.1) is 28.4 Å². The minimum atomic E-state index is -0.140. The summed E-state index contributed by atoms with van der Waals surface area (Å²) >= 11 is 0. The molecule has 2 rings (SSSR count). The summed E-state index contributed by atoms with van der Waals surface area (Å²) in [5.41, 5.74) is 1.70. The van der Waals surface area contributed by atoms with Crippen LogP contribution in [0, 0.1) is 0 Å². The van der Waals surface area contributed by atoms with Gasteiger partial charge in [0.15, 0.2) is 23.0 Å². The Balaban J connectivity index is 1.57. The number of ether oxygens (including phenoxy) is 4. The lowest BCUT2D eigenvalue weighted by Crippen LogP contribution is -2.23. The van der Waals surface area contributed by atoms with E-state index >= 15 is 0 Å². The average Bonchev–Trinajstić information content (AvgIpc) is 2.91. The number of nitrogens with one attached hydrogen (secondary N) is 2. The van der Waals surface area contributed by atoms with Crippen molar-refractivity contribution >= 4 is 24.0 Å². The first-order valence-corrected chi connectivity index (χ1v) is 11.9. The van der Waals surface area contributed by atoms with Gasteiger partial charge in [0.2, 0.25) is 11.8 Å². The largest absolute Gasteiger partial charge is 0.493 e. The smallest absolute Gasteiger partial charge is 0.243 e. The second kappa shape index (κ2) is 15.9. The maximum absolute atomic E-state index is 12.0. The van der Waals surface area contributed by atoms with Crippen molar-refractivity contribution in [3.63, 3.8) is 0 Å². The van der Waals surface area contributed by atoms with Crippen molar-refractivity contribution in [2.24, 2.45) is 0 Å². The summed E-state index contributed by atoms with van der Waals surface area (Å²) in [5, 5.41) is 5.77. The van der Waals surface area contributed by atoms with Gasteiger partial charge in [0.1, 0.15) is 0 Å². The highest BCUT2D eigenvalue weighted by Crippen LogP contribution is 2.28. The first-order chi connectivity index (χ1) is 17.5. The summed E-state index contributed by atoms with van der Waals surface area (Å²) in [6, 6.07) is 10.9. The SMILES string of the molecule is COc1ccc(C=CC(=O)NCCCCCCNC(=O)C=Cc2ccc(OC)c(OC)c2)cc1OC. The molecule has 0 aliphatic heterocycles. The van der Waals surface area contributed by atoms with Crippen molar-refractivity contribution in [2.45, 2.75) is 25.7 Å². The van der Waals surface area contributed by atoms with Crippen molar-refractivity contribution in [2.75, 3.05) is 41.5 Å². The molecule has 2 aromatic carbocycles. The lowest BCUT2D eigenvalue weighted by Gasteiger charge is -2.07. The Morgan fingerprint density at radius 2 is 1.00 bits per heavy atom. The predicted molar refractivity (Wildman–Crippen MR) is 142 cm³/mol. The topological polar surface area (TPSA) is 95.1 Å². The summed E-state index contributed by atoms with van der Waals surface area (Å²) in [4.78, 5) is 24.0. The van der Waals surface area contributed by atoms with E-state index in [1.165, 1.54) is 12.2 Å². The van der Waals surface area contributed by atoms with Crippen LogP contribution in [0.2, 0.25) is 0 Å². The first kappa shape index (κ1) is 28.3. The van der Waals surface area contributed by atoms with Crippen molar-refractivity contribution in [1.82, 2.24) is 10.6 Å². The highest BCUT2D eigenvalue weighted by Gasteiger charge is 2.04. The van der Waals surface area contributed by atoms with Gasteiger partial charge in [-0.25, -0.2) is 0 Å². The van der Waals surface area contributed by atoms with E-state index < -0.39 is 0 Å². The zero-order valence-corrected chi connectivity index (χ0v) is 21.5. The van der Waals surface area contributed by atoms with E-state index in [2.05, 4.69) is 10.6 Å². The third-order valence-electron chi connectivity index (χ3n) is 5.37. The van der Waals surface area contributed by atoms with Crippen LogP contribution >= 0.6 is 0 Å². The molecule has 2 aromatic rings. The van der Waals surface area contributed by atoms with Crippen LogP contribution in [-0.4, -0.2) is 53.3 Å². The predicted octanol–water partition coefficient (Wildman–Crippen LogP) is 4.24. The van der Waals surface area contributed by atoms with E-state index in [0.29, 0.717) is 36.1 Å². The number of carbonyl (C=O) groups excluding carboxylic acids is 2. The Kier molecular flexibility index (Phi) is 12.5. The molecule has 0 aliphatic rings. The molecule has 194 valence electrons. The Labute approximate surface area is 213 Å². The summed E-state index contributed by atoms with van der Waals surface area (Å²) in [6.07, 6.45) is 10.2. The second-order valence-electron chi connectivity index (χ2n) is 7.89. The molecule has 0 atom stereocenters. The third-order valence-corrected chi connectivity index (χ3v) is 5.37. The normalized spacial score (nSPS) is 10.9. The molecule has 2 N–H and O–H groups in total. The molecule has 2 amide bonds. The number of methoxy groups -OCH3 is 4. The fourth-order valence-corrected chi connectivity index (χ4v) is 3.40. The summed E-state index contributed by atoms with van der Waals surface area (Å²) in [5.74, 6) is 2.24. The Morgan fingerprint density at radius 1 is 0.611 bits per heavy atom. The van der Waals surface area contributed by atoms with Crippen LogP contribution in [0.15, 0.2) is 48.6 Å². The maximum atomic E-state index is 12.0. The average molecular weight is 497 g/mol. The van der Waals surface area contributed by atoms with Crippen LogP contribution in [-0.2, 0) is 9.59 Å². The van der Waals surface area contributed by atoms with Gasteiger partial charge in [-0.3, -0.25) is 9.59 Å². The van der Waals surface area contributed by atoms with Crippen LogP contribution < -0.4 is 29.6 Å². The zero-order chi connectivity index (χ0) is 26.2. The monoisotopic (exact) mass is 496 g/mol. The standard InChI is InChI=1S/C28H36N2O6/c1-33-23-13-9-21(19-25(23)35-3)11-15-27(31)29-17-7-5-6-8-18-30-28(32)16-12-22-10-14-24(34-2)26(20-22)36-4/h9-16,19-20H,5-8,17-18H2,1-4H3,(H,29,31)(H,30,32). The summed E-state index contributed by atoms with van der Waals surface area (Å²) in [6.45, 7) is 1.21. The van der Waals surface area contributed by atoms with E-state index in [-0.39, 0.29) is 11.8 Å². The molecule has 0 heterocycles. The van der Waals surface area contributed by atoms with Crippen molar-refractivity contribution in [1.29, 1.82) is 0 Å². The Hall–Kier alpha value is -3.94. The number of unbranched alkanes of at least 4 members (excludes halogenated alkanes) is 3. The highest BCUT2D eigenvalue weighted by atomic mass is 16.5. The fraction of sp³-hybridized carbons (Fsp3) is 0.357. The molecule has 8 nitrogen and oxygen atoms in total. The van der Waals surface area contributed by atoms with Gasteiger partial charge in [0.25, 0.3) is 0 Å². The van der Waals surface area contributed by atoms with E-state index in [1.807, 2.05) is 24.3 Å². The molecule has 0 bridgehead atoms. The number of hydrogen-bond donors (Lipinski definition) is 2. The van der Waals surface area contributed by atoms with E-state index in [1.54, 1.807) is 52.7 Å². The molecule has 0 aromatic heterocycles. The number of carbonyl (C=O) groups is 2. The number of rotatable bonds is 15. The van der Waals surface area contributed by atoms with E-state index in [0.717, 1.165) is 36.8 Å². The maximum Gasteiger partial charge on any atom is 0.243 e. The molecule has 0 saturated heterocycles. The summed E-state index contributed by atoms with van der Waals surface area (Å²) < 4.78 is 21.0. The van der Waals surface area contributed by atoms with Crippen molar-refractivity contribution < 1.29 is 28.5 Å². The van der Waals surface area contributed by atoms with Crippen LogP contribution in [0.5, 0.6) is 23.0 Å². The van der Waals surface area contributed by atoms with E-state index in [4.69, 9.17) is 18.9 Å². The number of hydrogen-bond acceptors (Lipinski definition) is 6. The van der Waals surface area contributed by atoms with Crippen LogP contribution in [0.4, 0.5) is 0 Å². The van der Waals surface area contributed by atoms with Gasteiger partial charge in [0, 0.05) is 25.2 Å². The van der Waals surface area contributed by atoms with Gasteiger partial charge in [-0.2, -0.15) is 0 Å². The highest BCUT2D eigenvalue weighted by molar-refractivity contribution is 5.92. The van der Waals surface area contributed by atoms with Gasteiger partial charge in [-0.1, -0.05) is 25.0 Å². The van der Waals surface area contributed by atoms with Gasteiger partial charge in [-0.15, -0.1) is 0 Å². The molecular formula is C28H36N2O6. The number of benzene rings is 2. The third kappa shape index (κ3) is 9.74. The quantitative estimate of drug-likeness (QED) is 0.283. The molecule has 0 unspecified atom stereocenters. The minimum absolute atomic E-state index is 0.140. The lowest BCUT2D eigenvalue weighted by molar-refractivity contribution is -0.117. The van der Waals surface area contributed by atoms with Gasteiger partial charge in [-0.05, 0) is 60.4 Å². The molecule has 36 heavy (non-hydrogen) atoms. The first-order valence-electron chi connectivity index (χ1n) is 11.9. The van der Waals surface area contributed by atoms with E-state index in [9.17, 15) is 9.59 Å². The minimum Gasteiger partial charge on any atom is -0.493 e. The molecule has 0 saturated carbocycles. The van der Waals surface area contributed by atoms with Crippen LogP contribution in [0.3, 0.4) is 0 Å². The van der Waals surface area contributed by atoms with Gasteiger partial charge >= 0.3 is 0 Å². The number of amides is 2. The van der Waals surface area contributed by atoms with Crippen molar-refractivity contribution in [3.05, 3.63) is 59.7 Å². The summed E-state index contributed by atoms with van der Waals surface area (Å²) in [7, 11) is 6.31. The molecule has 8 heteroatoms. The van der Waals surface area contributed by atoms with Crippen LogP contribution in [0.1, 0.15) is 36.8 Å². The molecule has 0 fully saturated rings. The molecular weight excluding hydrogens is 460 g/mol. The molecule has 0 spiro atoms. The van der Waals surface area contributed by atoms with Crippen molar-refractivity contribution in [3.8, 4) is 23.0 Å². The second-order valence-corrected chi connectivity index (χ2v) is 7.89. The Bertz CT molecular complexity index is 965. The van der Waals surface area contributed by atoms with Crippen LogP contribution in [0.25, 0.3) is 12.2 Å². The fourth-order valence-electron chi connectivity index (χ4n) is 3.40. The lowest BCUT2D eigenvalue weighted by atomic mass is 10.1. The Morgan fingerprint density at radius 3 is 1.36 bits per heavy atom. The molecule has 0 aliphatic carbocycles. The zero-order valence-electron chi connectivity index (χ0n) is 21.5. The van der Waals surface area contributed by atoms with Gasteiger partial charge < -0.3 is 29.6 Å².